The molecule has 0 saturated carbocycles. The van der Waals surface area contributed by atoms with Crippen LogP contribution >= 0.6 is 11.3 Å². The topological polar surface area (TPSA) is 29.3 Å². The SMILES string of the molecule is Cc1sc(CN)cc1CN(CC(C)C)CC(C)C. The highest BCUT2D eigenvalue weighted by Crippen LogP contribution is 2.23. The minimum atomic E-state index is 0.667. The van der Waals surface area contributed by atoms with Gasteiger partial charge in [-0.05, 0) is 30.4 Å². The van der Waals surface area contributed by atoms with Crippen LogP contribution in [0, 0.1) is 18.8 Å². The molecule has 1 aromatic heterocycles. The fourth-order valence-corrected chi connectivity index (χ4v) is 3.25. The number of rotatable bonds is 7. The van der Waals surface area contributed by atoms with Crippen molar-refractivity contribution in [1.29, 1.82) is 0 Å². The molecular weight excluding hydrogens is 240 g/mol. The fraction of sp³-hybridized carbons (Fsp3) is 0.733. The molecule has 0 aliphatic rings. The van der Waals surface area contributed by atoms with Gasteiger partial charge in [-0.1, -0.05) is 27.7 Å². The lowest BCUT2D eigenvalue weighted by Crippen LogP contribution is -2.31. The zero-order valence-electron chi connectivity index (χ0n) is 12.5. The van der Waals surface area contributed by atoms with Crippen molar-refractivity contribution >= 4 is 11.3 Å². The average molecular weight is 268 g/mol. The predicted molar refractivity (Wildman–Crippen MR) is 81.9 cm³/mol. The molecule has 1 rings (SSSR count). The van der Waals surface area contributed by atoms with Crippen LogP contribution in [-0.4, -0.2) is 18.0 Å². The van der Waals surface area contributed by atoms with E-state index in [-0.39, 0.29) is 0 Å². The summed E-state index contributed by atoms with van der Waals surface area (Å²) < 4.78 is 0. The van der Waals surface area contributed by atoms with Crippen molar-refractivity contribution < 1.29 is 0 Å². The Bertz CT molecular complexity index is 345. The summed E-state index contributed by atoms with van der Waals surface area (Å²) in [4.78, 5) is 5.30. The lowest BCUT2D eigenvalue weighted by Gasteiger charge is -2.26. The summed E-state index contributed by atoms with van der Waals surface area (Å²) >= 11 is 1.84. The monoisotopic (exact) mass is 268 g/mol. The zero-order chi connectivity index (χ0) is 13.7. The second-order valence-electron chi connectivity index (χ2n) is 5.98. The van der Waals surface area contributed by atoms with E-state index in [0.717, 1.165) is 18.4 Å². The molecule has 3 heteroatoms. The molecule has 0 spiro atoms. The summed E-state index contributed by atoms with van der Waals surface area (Å²) in [5.41, 5.74) is 7.18. The van der Waals surface area contributed by atoms with Crippen LogP contribution in [0.1, 0.15) is 43.0 Å². The molecule has 0 fully saturated rings. The van der Waals surface area contributed by atoms with Crippen LogP contribution in [0.2, 0.25) is 0 Å². The Morgan fingerprint density at radius 3 is 2.11 bits per heavy atom. The fourth-order valence-electron chi connectivity index (χ4n) is 2.32. The Labute approximate surface area is 116 Å². The summed E-state index contributed by atoms with van der Waals surface area (Å²) in [6.07, 6.45) is 0. The molecule has 1 aromatic rings. The van der Waals surface area contributed by atoms with Gasteiger partial charge in [-0.15, -0.1) is 11.3 Å². The van der Waals surface area contributed by atoms with E-state index in [1.165, 1.54) is 28.4 Å². The average Bonchev–Trinajstić information content (AvgIpc) is 2.57. The normalized spacial score (nSPS) is 12.1. The largest absolute Gasteiger partial charge is 0.326 e. The number of aryl methyl sites for hydroxylation is 1. The first-order valence-electron chi connectivity index (χ1n) is 6.93. The van der Waals surface area contributed by atoms with Gasteiger partial charge >= 0.3 is 0 Å². The molecule has 0 aromatic carbocycles. The summed E-state index contributed by atoms with van der Waals surface area (Å²) in [6.45, 7) is 15.5. The van der Waals surface area contributed by atoms with Gasteiger partial charge in [-0.2, -0.15) is 0 Å². The second-order valence-corrected chi connectivity index (χ2v) is 7.32. The van der Waals surface area contributed by atoms with E-state index in [2.05, 4.69) is 45.6 Å². The quantitative estimate of drug-likeness (QED) is 0.818. The Kier molecular flexibility index (Phi) is 6.33. The second kappa shape index (κ2) is 7.27. The molecular formula is C15H28N2S. The smallest absolute Gasteiger partial charge is 0.0274 e. The van der Waals surface area contributed by atoms with Gasteiger partial charge in [0.25, 0.3) is 0 Å². The lowest BCUT2D eigenvalue weighted by atomic mass is 10.1. The van der Waals surface area contributed by atoms with Crippen LogP contribution in [0.25, 0.3) is 0 Å². The molecule has 0 amide bonds. The highest BCUT2D eigenvalue weighted by molar-refractivity contribution is 7.12. The Balaban J connectivity index is 2.71. The molecule has 18 heavy (non-hydrogen) atoms. The minimum Gasteiger partial charge on any atom is -0.326 e. The van der Waals surface area contributed by atoms with Crippen LogP contribution in [0.4, 0.5) is 0 Å². The molecule has 1 heterocycles. The van der Waals surface area contributed by atoms with E-state index in [1.54, 1.807) is 0 Å². The van der Waals surface area contributed by atoms with E-state index in [0.29, 0.717) is 6.54 Å². The molecule has 0 radical (unpaired) electrons. The van der Waals surface area contributed by atoms with Gasteiger partial charge in [0.15, 0.2) is 0 Å². The van der Waals surface area contributed by atoms with Crippen molar-refractivity contribution in [2.75, 3.05) is 13.1 Å². The van der Waals surface area contributed by atoms with Gasteiger partial charge in [0.1, 0.15) is 0 Å². The summed E-state index contributed by atoms with van der Waals surface area (Å²) in [6, 6.07) is 2.29. The Morgan fingerprint density at radius 2 is 1.72 bits per heavy atom. The van der Waals surface area contributed by atoms with Gasteiger partial charge < -0.3 is 5.73 Å². The lowest BCUT2D eigenvalue weighted by molar-refractivity contribution is 0.211. The molecule has 0 saturated heterocycles. The van der Waals surface area contributed by atoms with Crippen LogP contribution in [-0.2, 0) is 13.1 Å². The molecule has 0 bridgehead atoms. The molecule has 0 aliphatic carbocycles. The third kappa shape index (κ3) is 5.09. The number of nitrogens with zero attached hydrogens (tertiary/aromatic N) is 1. The van der Waals surface area contributed by atoms with Gasteiger partial charge in [0.05, 0.1) is 0 Å². The van der Waals surface area contributed by atoms with E-state index in [4.69, 9.17) is 5.73 Å². The van der Waals surface area contributed by atoms with Gasteiger partial charge in [-0.3, -0.25) is 4.90 Å². The predicted octanol–water partition coefficient (Wildman–Crippen LogP) is 3.63. The highest BCUT2D eigenvalue weighted by Gasteiger charge is 2.13. The maximum atomic E-state index is 5.72. The Morgan fingerprint density at radius 1 is 1.17 bits per heavy atom. The zero-order valence-corrected chi connectivity index (χ0v) is 13.3. The molecule has 104 valence electrons. The minimum absolute atomic E-state index is 0.667. The highest BCUT2D eigenvalue weighted by atomic mass is 32.1. The number of hydrogen-bond donors (Lipinski definition) is 1. The first kappa shape index (κ1) is 15.7. The molecule has 0 aliphatic heterocycles. The summed E-state index contributed by atoms with van der Waals surface area (Å²) in [5.74, 6) is 1.44. The first-order chi connectivity index (χ1) is 8.42. The third-order valence-electron chi connectivity index (χ3n) is 2.91. The number of hydrogen-bond acceptors (Lipinski definition) is 3. The van der Waals surface area contributed by atoms with Crippen LogP contribution in [0.5, 0.6) is 0 Å². The first-order valence-corrected chi connectivity index (χ1v) is 7.74. The molecule has 0 atom stereocenters. The van der Waals surface area contributed by atoms with Gasteiger partial charge in [0, 0.05) is 35.9 Å². The van der Waals surface area contributed by atoms with Crippen molar-refractivity contribution in [3.63, 3.8) is 0 Å². The van der Waals surface area contributed by atoms with E-state index in [9.17, 15) is 0 Å². The van der Waals surface area contributed by atoms with E-state index >= 15 is 0 Å². The maximum absolute atomic E-state index is 5.72. The van der Waals surface area contributed by atoms with Crippen molar-refractivity contribution in [2.45, 2.75) is 47.7 Å². The van der Waals surface area contributed by atoms with Crippen LogP contribution in [0.3, 0.4) is 0 Å². The Hall–Kier alpha value is -0.380. The van der Waals surface area contributed by atoms with Gasteiger partial charge in [-0.25, -0.2) is 0 Å². The number of nitrogens with two attached hydrogens (primary N) is 1. The third-order valence-corrected chi connectivity index (χ3v) is 4.03. The van der Waals surface area contributed by atoms with E-state index in [1.807, 2.05) is 11.3 Å². The molecule has 2 nitrogen and oxygen atoms in total. The summed E-state index contributed by atoms with van der Waals surface area (Å²) in [7, 11) is 0. The van der Waals surface area contributed by atoms with Crippen molar-refractivity contribution in [1.82, 2.24) is 4.90 Å². The van der Waals surface area contributed by atoms with Crippen LogP contribution < -0.4 is 5.73 Å². The van der Waals surface area contributed by atoms with Crippen molar-refractivity contribution in [3.05, 3.63) is 21.4 Å². The van der Waals surface area contributed by atoms with Crippen molar-refractivity contribution in [2.24, 2.45) is 17.6 Å². The van der Waals surface area contributed by atoms with E-state index < -0.39 is 0 Å². The maximum Gasteiger partial charge on any atom is 0.0274 e. The van der Waals surface area contributed by atoms with Crippen molar-refractivity contribution in [3.8, 4) is 0 Å². The summed E-state index contributed by atoms with van der Waals surface area (Å²) in [5, 5.41) is 0. The molecule has 0 unspecified atom stereocenters. The number of thiophene rings is 1. The van der Waals surface area contributed by atoms with Crippen LogP contribution in [0.15, 0.2) is 6.07 Å². The molecule has 2 N–H and O–H groups in total. The van der Waals surface area contributed by atoms with Gasteiger partial charge in [0.2, 0.25) is 0 Å². The standard InChI is InChI=1S/C15H28N2S/c1-11(2)8-17(9-12(3)4)10-14-6-15(7-16)18-13(14)5/h6,11-12H,7-10,16H2,1-5H3.